The number of rotatable bonds is 11. The summed E-state index contributed by atoms with van der Waals surface area (Å²) < 4.78 is 5.75. The standard InChI is InChI=1S/C23H33N3O4.C7H13N3O3.C4H10.CH4S/c1-15-8-7-11-26(15)19(27)14-24-22(29)25-20(23(2,3)4)21(28)30-18-12-16-9-5-6-10-17(16)13-18;1-4(2)10-7(9-3-11)5(12)6(8)13;1-4(2)3;1-2/h5-6,9-10,15,18,20H,7-8,11-14H2,1-4H3,(H2,24,25,29);3-4,7,10H,1-2H3,(H2,8,13)(H,9,11);4H,1-3H3;2H,1H3. The molecule has 49 heavy (non-hydrogen) atoms. The van der Waals surface area contributed by atoms with Gasteiger partial charge >= 0.3 is 12.0 Å². The second kappa shape index (κ2) is 22.9. The minimum absolute atomic E-state index is 0.0410. The highest BCUT2D eigenvalue weighted by atomic mass is 32.1. The van der Waals surface area contributed by atoms with Gasteiger partial charge in [-0.15, -0.1) is 0 Å². The van der Waals surface area contributed by atoms with Crippen molar-refractivity contribution in [2.45, 2.75) is 118 Å². The predicted molar refractivity (Wildman–Crippen MR) is 195 cm³/mol. The number of urea groups is 1. The van der Waals surface area contributed by atoms with Gasteiger partial charge in [0.05, 0.1) is 6.54 Å². The topological polar surface area (TPSA) is 189 Å². The number of fused-ring (bicyclic) bond motifs is 1. The molecule has 1 aromatic carbocycles. The minimum Gasteiger partial charge on any atom is -0.460 e. The van der Waals surface area contributed by atoms with Gasteiger partial charge in [-0.25, -0.2) is 9.59 Å². The number of carbonyl (C=O) groups excluding carboxylic acids is 6. The monoisotopic (exact) mass is 708 g/mol. The minimum atomic E-state index is -1.08. The van der Waals surface area contributed by atoms with Crippen molar-refractivity contribution < 1.29 is 33.5 Å². The van der Waals surface area contributed by atoms with Crippen molar-refractivity contribution in [3.63, 3.8) is 0 Å². The molecule has 1 aliphatic heterocycles. The molecule has 1 fully saturated rings. The van der Waals surface area contributed by atoms with Crippen molar-refractivity contribution in [1.82, 2.24) is 26.2 Å². The van der Waals surface area contributed by atoms with Crippen LogP contribution in [0.5, 0.6) is 0 Å². The van der Waals surface area contributed by atoms with Crippen molar-refractivity contribution in [2.24, 2.45) is 17.1 Å². The maximum Gasteiger partial charge on any atom is 0.329 e. The normalized spacial score (nSPS) is 16.3. The van der Waals surface area contributed by atoms with Gasteiger partial charge in [0.2, 0.25) is 12.3 Å². The van der Waals surface area contributed by atoms with Crippen LogP contribution < -0.4 is 27.0 Å². The molecule has 0 saturated carbocycles. The number of thiol groups is 1. The first-order chi connectivity index (χ1) is 22.9. The molecule has 14 heteroatoms. The van der Waals surface area contributed by atoms with Crippen LogP contribution in [-0.4, -0.2) is 90.6 Å². The number of primary amides is 1. The van der Waals surface area contributed by atoms with Crippen molar-refractivity contribution in [3.8, 4) is 0 Å². The molecule has 1 aromatic rings. The summed E-state index contributed by atoms with van der Waals surface area (Å²) in [6.45, 7) is 18.3. The SMILES string of the molecule is CC(C)C.CC(C)NC(NC=O)C(=O)C(N)=O.CC1CCCN1C(=O)CNC(=O)NC(C(=O)OC1Cc2ccccc2C1)C(C)(C)C.CS. The summed E-state index contributed by atoms with van der Waals surface area (Å²) in [5, 5.41) is 10.1. The first kappa shape index (κ1) is 45.3. The third-order valence-corrected chi connectivity index (χ3v) is 7.19. The highest BCUT2D eigenvalue weighted by Crippen LogP contribution is 2.26. The molecule has 5 amide bonds. The zero-order valence-corrected chi connectivity index (χ0v) is 31.8. The smallest absolute Gasteiger partial charge is 0.329 e. The lowest BCUT2D eigenvalue weighted by atomic mass is 9.87. The van der Waals surface area contributed by atoms with Gasteiger partial charge in [0, 0.05) is 31.5 Å². The van der Waals surface area contributed by atoms with Crippen LogP contribution in [0.15, 0.2) is 24.3 Å². The average molecular weight is 709 g/mol. The number of nitrogens with two attached hydrogens (primary N) is 1. The fraction of sp³-hybridized carbons (Fsp3) is 0.657. The van der Waals surface area contributed by atoms with E-state index in [9.17, 15) is 28.8 Å². The average Bonchev–Trinajstić information content (AvgIpc) is 3.63. The zero-order valence-electron chi connectivity index (χ0n) is 30.9. The Kier molecular flexibility index (Phi) is 21.2. The van der Waals surface area contributed by atoms with E-state index in [4.69, 9.17) is 10.5 Å². The number of hydrogen-bond donors (Lipinski definition) is 6. The summed E-state index contributed by atoms with van der Waals surface area (Å²) in [6.07, 6.45) is 4.13. The lowest BCUT2D eigenvalue weighted by Crippen LogP contribution is -2.54. The Morgan fingerprint density at radius 2 is 1.55 bits per heavy atom. The largest absolute Gasteiger partial charge is 0.460 e. The number of ketones is 1. The van der Waals surface area contributed by atoms with E-state index >= 15 is 0 Å². The summed E-state index contributed by atoms with van der Waals surface area (Å²) in [5.41, 5.74) is 6.62. The maximum absolute atomic E-state index is 12.9. The molecule has 1 heterocycles. The first-order valence-corrected chi connectivity index (χ1v) is 17.6. The van der Waals surface area contributed by atoms with Crippen LogP contribution in [0.25, 0.3) is 0 Å². The van der Waals surface area contributed by atoms with Crippen molar-refractivity contribution in [3.05, 3.63) is 35.4 Å². The van der Waals surface area contributed by atoms with E-state index in [1.54, 1.807) is 25.0 Å². The van der Waals surface area contributed by atoms with Crippen LogP contribution in [0, 0.1) is 11.3 Å². The Labute approximate surface area is 298 Å². The second-order valence-electron chi connectivity index (χ2n) is 13.9. The highest BCUT2D eigenvalue weighted by Gasteiger charge is 2.37. The molecular weight excluding hydrogens is 648 g/mol. The molecule has 0 radical (unpaired) electrons. The van der Waals surface area contributed by atoms with E-state index < -0.39 is 41.3 Å². The summed E-state index contributed by atoms with van der Waals surface area (Å²) in [7, 11) is 0. The van der Waals surface area contributed by atoms with Gasteiger partial charge < -0.3 is 31.3 Å². The van der Waals surface area contributed by atoms with Crippen LogP contribution in [0.4, 0.5) is 4.79 Å². The van der Waals surface area contributed by atoms with Crippen LogP contribution in [0.2, 0.25) is 0 Å². The van der Waals surface area contributed by atoms with Crippen molar-refractivity contribution >= 4 is 48.6 Å². The van der Waals surface area contributed by atoms with Crippen molar-refractivity contribution in [1.29, 1.82) is 0 Å². The third kappa shape index (κ3) is 17.5. The van der Waals surface area contributed by atoms with Crippen LogP contribution >= 0.6 is 12.6 Å². The third-order valence-electron chi connectivity index (χ3n) is 7.19. The molecule has 3 rings (SSSR count). The Bertz CT molecular complexity index is 1190. The molecule has 0 aromatic heterocycles. The van der Waals surface area contributed by atoms with Crippen LogP contribution in [0.3, 0.4) is 0 Å². The van der Waals surface area contributed by atoms with Gasteiger partial charge in [-0.2, -0.15) is 12.6 Å². The first-order valence-electron chi connectivity index (χ1n) is 16.7. The number of likely N-dealkylation sites (tertiary alicyclic amines) is 1. The summed E-state index contributed by atoms with van der Waals surface area (Å²) in [6, 6.07) is 6.87. The number of carbonyl (C=O) groups is 6. The van der Waals surface area contributed by atoms with Gasteiger partial charge in [-0.05, 0) is 62.3 Å². The quantitative estimate of drug-likeness (QED) is 0.0665. The van der Waals surface area contributed by atoms with Gasteiger partial charge in [-0.3, -0.25) is 24.5 Å². The van der Waals surface area contributed by atoms with E-state index in [1.165, 1.54) is 11.1 Å². The van der Waals surface area contributed by atoms with Gasteiger partial charge in [0.1, 0.15) is 18.3 Å². The van der Waals surface area contributed by atoms with E-state index in [2.05, 4.69) is 54.7 Å². The molecular formula is C35H60N6O7S. The number of amides is 5. The van der Waals surface area contributed by atoms with Crippen molar-refractivity contribution in [2.75, 3.05) is 19.3 Å². The van der Waals surface area contributed by atoms with E-state index in [0.29, 0.717) is 19.3 Å². The predicted octanol–water partition coefficient (Wildman–Crippen LogP) is 2.74. The second-order valence-corrected chi connectivity index (χ2v) is 13.9. The Morgan fingerprint density at radius 3 is 1.96 bits per heavy atom. The Balaban J connectivity index is 0.00000101. The molecule has 1 aliphatic carbocycles. The number of Topliss-reactive ketones (excluding diaryl/α,β-unsaturated/α-hetero) is 1. The molecule has 2 aliphatic rings. The van der Waals surface area contributed by atoms with Gasteiger partial charge in [0.15, 0.2) is 0 Å². The summed E-state index contributed by atoms with van der Waals surface area (Å²) in [5.74, 6) is -1.66. The molecule has 3 unspecified atom stereocenters. The molecule has 6 N–H and O–H groups in total. The molecule has 0 spiro atoms. The fourth-order valence-corrected chi connectivity index (χ4v) is 4.95. The van der Waals surface area contributed by atoms with Gasteiger partial charge in [0.25, 0.3) is 11.7 Å². The molecule has 1 saturated heterocycles. The van der Waals surface area contributed by atoms with Crippen LogP contribution in [0.1, 0.15) is 86.3 Å². The lowest BCUT2D eigenvalue weighted by molar-refractivity contribution is -0.153. The molecule has 278 valence electrons. The number of nitrogens with one attached hydrogen (secondary N) is 4. The fourth-order valence-electron chi connectivity index (χ4n) is 4.95. The van der Waals surface area contributed by atoms with E-state index in [-0.39, 0.29) is 30.6 Å². The molecule has 0 bridgehead atoms. The van der Waals surface area contributed by atoms with Crippen LogP contribution in [-0.2, 0) is 41.6 Å². The zero-order chi connectivity index (χ0) is 37.9. The molecule has 13 nitrogen and oxygen atoms in total. The van der Waals surface area contributed by atoms with E-state index in [1.807, 2.05) is 52.0 Å². The Morgan fingerprint density at radius 1 is 1.02 bits per heavy atom. The summed E-state index contributed by atoms with van der Waals surface area (Å²) in [4.78, 5) is 70.9. The number of hydrogen-bond acceptors (Lipinski definition) is 9. The van der Waals surface area contributed by atoms with E-state index in [0.717, 1.165) is 25.3 Å². The number of benzene rings is 1. The number of nitrogens with zero attached hydrogens (tertiary/aromatic N) is 1. The maximum atomic E-state index is 12.9. The number of ether oxygens (including phenoxy) is 1. The highest BCUT2D eigenvalue weighted by molar-refractivity contribution is 7.79. The van der Waals surface area contributed by atoms with Gasteiger partial charge in [-0.1, -0.05) is 65.8 Å². The molecule has 3 atom stereocenters. The lowest BCUT2D eigenvalue weighted by Gasteiger charge is -2.30. The number of esters is 1. The Hall–Kier alpha value is -3.65. The summed E-state index contributed by atoms with van der Waals surface area (Å²) >= 11 is 3.53.